The van der Waals surface area contributed by atoms with Crippen molar-refractivity contribution in [1.82, 2.24) is 4.98 Å². The standard InChI is InChI=1S/C16H13FN2O3S/c1-21-12-6-3-9(7-13(12)22-2)15(20)19-16-18-11-5-4-10(17)8-14(11)23-16/h3-8H,1-2H3,(H,18,19,20). The molecular formula is C16H13FN2O3S. The van der Waals surface area contributed by atoms with Crippen molar-refractivity contribution in [3.63, 3.8) is 0 Å². The molecule has 0 aliphatic heterocycles. The number of rotatable bonds is 4. The number of halogens is 1. The number of amides is 1. The Labute approximate surface area is 135 Å². The SMILES string of the molecule is COc1ccc(C(=O)Nc2nc3ccc(F)cc3s2)cc1OC. The van der Waals surface area contributed by atoms with Gasteiger partial charge in [-0.25, -0.2) is 9.37 Å². The van der Waals surface area contributed by atoms with Gasteiger partial charge in [-0.1, -0.05) is 11.3 Å². The summed E-state index contributed by atoms with van der Waals surface area (Å²) in [5.74, 6) is 0.343. The number of methoxy groups -OCH3 is 2. The van der Waals surface area contributed by atoms with E-state index in [1.54, 1.807) is 24.3 Å². The number of carbonyl (C=O) groups excluding carboxylic acids is 1. The first-order valence-corrected chi connectivity index (χ1v) is 7.52. The number of nitrogens with zero attached hydrogens (tertiary/aromatic N) is 1. The van der Waals surface area contributed by atoms with E-state index in [4.69, 9.17) is 9.47 Å². The maximum absolute atomic E-state index is 13.2. The van der Waals surface area contributed by atoms with E-state index in [0.717, 1.165) is 0 Å². The fraction of sp³-hybridized carbons (Fsp3) is 0.125. The van der Waals surface area contributed by atoms with Gasteiger partial charge in [0.25, 0.3) is 5.91 Å². The van der Waals surface area contributed by atoms with Crippen LogP contribution in [0, 0.1) is 5.82 Å². The molecule has 3 rings (SSSR count). The molecule has 23 heavy (non-hydrogen) atoms. The second-order valence-corrected chi connectivity index (χ2v) is 5.69. The summed E-state index contributed by atoms with van der Waals surface area (Å²) in [4.78, 5) is 16.6. The molecule has 0 aliphatic carbocycles. The van der Waals surface area contributed by atoms with Gasteiger partial charge in [-0.05, 0) is 36.4 Å². The third-order valence-corrected chi connectivity index (χ3v) is 4.15. The zero-order chi connectivity index (χ0) is 16.4. The van der Waals surface area contributed by atoms with Gasteiger partial charge in [-0.3, -0.25) is 10.1 Å². The predicted molar refractivity (Wildman–Crippen MR) is 87.1 cm³/mol. The summed E-state index contributed by atoms with van der Waals surface area (Å²) in [5.41, 5.74) is 1.05. The molecule has 0 radical (unpaired) electrons. The van der Waals surface area contributed by atoms with E-state index in [9.17, 15) is 9.18 Å². The van der Waals surface area contributed by atoms with Crippen molar-refractivity contribution in [1.29, 1.82) is 0 Å². The van der Waals surface area contributed by atoms with Crippen LogP contribution >= 0.6 is 11.3 Å². The number of fused-ring (bicyclic) bond motifs is 1. The van der Waals surface area contributed by atoms with Crippen LogP contribution in [-0.4, -0.2) is 25.1 Å². The van der Waals surface area contributed by atoms with Crippen LogP contribution in [0.4, 0.5) is 9.52 Å². The Kier molecular flexibility index (Phi) is 4.12. The van der Waals surface area contributed by atoms with Crippen molar-refractivity contribution in [2.75, 3.05) is 19.5 Å². The minimum atomic E-state index is -0.334. The third-order valence-electron chi connectivity index (χ3n) is 3.22. The Balaban J connectivity index is 1.85. The van der Waals surface area contributed by atoms with Crippen molar-refractivity contribution in [3.05, 3.63) is 47.8 Å². The van der Waals surface area contributed by atoms with Gasteiger partial charge in [0.1, 0.15) is 5.82 Å². The van der Waals surface area contributed by atoms with Gasteiger partial charge < -0.3 is 9.47 Å². The van der Waals surface area contributed by atoms with Crippen LogP contribution in [0.1, 0.15) is 10.4 Å². The summed E-state index contributed by atoms with van der Waals surface area (Å²) in [6.07, 6.45) is 0. The number of hydrogen-bond acceptors (Lipinski definition) is 5. The average Bonchev–Trinajstić information content (AvgIpc) is 2.95. The lowest BCUT2D eigenvalue weighted by molar-refractivity contribution is 0.102. The first kappa shape index (κ1) is 15.2. The highest BCUT2D eigenvalue weighted by Gasteiger charge is 2.13. The van der Waals surface area contributed by atoms with Gasteiger partial charge >= 0.3 is 0 Å². The number of anilines is 1. The number of nitrogens with one attached hydrogen (secondary N) is 1. The molecule has 3 aromatic rings. The molecule has 0 saturated heterocycles. The molecule has 0 atom stereocenters. The molecular weight excluding hydrogens is 319 g/mol. The number of aromatic nitrogens is 1. The average molecular weight is 332 g/mol. The first-order chi connectivity index (χ1) is 11.1. The first-order valence-electron chi connectivity index (χ1n) is 6.70. The summed E-state index contributed by atoms with van der Waals surface area (Å²) in [6, 6.07) is 9.17. The Morgan fingerprint density at radius 3 is 2.65 bits per heavy atom. The minimum Gasteiger partial charge on any atom is -0.493 e. The van der Waals surface area contributed by atoms with Crippen molar-refractivity contribution < 1.29 is 18.7 Å². The molecule has 0 saturated carbocycles. The molecule has 1 aromatic heterocycles. The van der Waals surface area contributed by atoms with Crippen molar-refractivity contribution >= 4 is 32.6 Å². The zero-order valence-electron chi connectivity index (χ0n) is 12.4. The summed E-state index contributed by atoms with van der Waals surface area (Å²) in [5, 5.41) is 3.11. The molecule has 2 aromatic carbocycles. The molecule has 7 heteroatoms. The lowest BCUT2D eigenvalue weighted by atomic mass is 10.2. The summed E-state index contributed by atoms with van der Waals surface area (Å²) in [6.45, 7) is 0. The van der Waals surface area contributed by atoms with Crippen LogP contribution in [0.5, 0.6) is 11.5 Å². The maximum Gasteiger partial charge on any atom is 0.257 e. The molecule has 0 fully saturated rings. The third kappa shape index (κ3) is 3.09. The zero-order valence-corrected chi connectivity index (χ0v) is 13.2. The van der Waals surface area contributed by atoms with E-state index in [2.05, 4.69) is 10.3 Å². The molecule has 0 aliphatic rings. The second kappa shape index (κ2) is 6.21. The van der Waals surface area contributed by atoms with E-state index >= 15 is 0 Å². The van der Waals surface area contributed by atoms with Crippen molar-refractivity contribution in [2.24, 2.45) is 0 Å². The van der Waals surface area contributed by atoms with Crippen LogP contribution in [0.3, 0.4) is 0 Å². The molecule has 118 valence electrons. The number of benzene rings is 2. The number of hydrogen-bond donors (Lipinski definition) is 1. The topological polar surface area (TPSA) is 60.5 Å². The summed E-state index contributed by atoms with van der Waals surface area (Å²) >= 11 is 1.21. The molecule has 1 amide bonds. The van der Waals surface area contributed by atoms with Crippen LogP contribution < -0.4 is 14.8 Å². The quantitative estimate of drug-likeness (QED) is 0.791. The lowest BCUT2D eigenvalue weighted by Gasteiger charge is -2.09. The number of thiazole rings is 1. The molecule has 1 heterocycles. The Morgan fingerprint density at radius 2 is 1.91 bits per heavy atom. The van der Waals surface area contributed by atoms with Crippen LogP contribution in [0.2, 0.25) is 0 Å². The maximum atomic E-state index is 13.2. The van der Waals surface area contributed by atoms with E-state index in [-0.39, 0.29) is 11.7 Å². The summed E-state index contributed by atoms with van der Waals surface area (Å²) < 4.78 is 24.2. The largest absolute Gasteiger partial charge is 0.493 e. The highest BCUT2D eigenvalue weighted by Crippen LogP contribution is 2.29. The molecule has 1 N–H and O–H groups in total. The monoisotopic (exact) mass is 332 g/mol. The highest BCUT2D eigenvalue weighted by molar-refractivity contribution is 7.22. The normalized spacial score (nSPS) is 10.6. The van der Waals surface area contributed by atoms with Gasteiger partial charge in [-0.15, -0.1) is 0 Å². The Bertz CT molecular complexity index is 879. The number of carbonyl (C=O) groups is 1. The molecule has 0 spiro atoms. The Morgan fingerprint density at radius 1 is 1.13 bits per heavy atom. The molecule has 0 unspecified atom stereocenters. The van der Waals surface area contributed by atoms with E-state index < -0.39 is 0 Å². The van der Waals surface area contributed by atoms with Crippen LogP contribution in [0.25, 0.3) is 10.2 Å². The molecule has 5 nitrogen and oxygen atoms in total. The lowest BCUT2D eigenvalue weighted by Crippen LogP contribution is -2.11. The predicted octanol–water partition coefficient (Wildman–Crippen LogP) is 3.70. The fourth-order valence-corrected chi connectivity index (χ4v) is 2.98. The second-order valence-electron chi connectivity index (χ2n) is 4.65. The highest BCUT2D eigenvalue weighted by atomic mass is 32.1. The Hall–Kier alpha value is -2.67. The smallest absolute Gasteiger partial charge is 0.257 e. The van der Waals surface area contributed by atoms with Gasteiger partial charge in [0.05, 0.1) is 24.4 Å². The van der Waals surface area contributed by atoms with E-state index in [1.807, 2.05) is 0 Å². The van der Waals surface area contributed by atoms with Crippen molar-refractivity contribution in [2.45, 2.75) is 0 Å². The van der Waals surface area contributed by atoms with E-state index in [1.165, 1.54) is 37.7 Å². The van der Waals surface area contributed by atoms with Crippen LogP contribution in [-0.2, 0) is 0 Å². The van der Waals surface area contributed by atoms with Crippen molar-refractivity contribution in [3.8, 4) is 11.5 Å². The molecule has 0 bridgehead atoms. The van der Waals surface area contributed by atoms with Gasteiger partial charge in [0.15, 0.2) is 16.6 Å². The number of ether oxygens (including phenoxy) is 2. The minimum absolute atomic E-state index is 0.328. The van der Waals surface area contributed by atoms with Gasteiger partial charge in [0, 0.05) is 5.56 Å². The van der Waals surface area contributed by atoms with Gasteiger partial charge in [-0.2, -0.15) is 0 Å². The summed E-state index contributed by atoms with van der Waals surface area (Å²) in [7, 11) is 3.03. The fourth-order valence-electron chi connectivity index (χ4n) is 2.10. The van der Waals surface area contributed by atoms with Gasteiger partial charge in [0.2, 0.25) is 0 Å². The van der Waals surface area contributed by atoms with Crippen LogP contribution in [0.15, 0.2) is 36.4 Å². The van der Waals surface area contributed by atoms with E-state index in [0.29, 0.717) is 32.4 Å².